The van der Waals surface area contributed by atoms with Gasteiger partial charge in [-0.3, -0.25) is 0 Å². The summed E-state index contributed by atoms with van der Waals surface area (Å²) >= 11 is 0. The molecule has 0 spiro atoms. The van der Waals surface area contributed by atoms with Gasteiger partial charge in [0.05, 0.1) is 23.3 Å². The van der Waals surface area contributed by atoms with Crippen LogP contribution in [0, 0.1) is 42.3 Å². The minimum atomic E-state index is -0.483. The lowest BCUT2D eigenvalue weighted by Gasteiger charge is -2.14. The number of halogens is 1. The third-order valence-electron chi connectivity index (χ3n) is 4.04. The molecule has 3 rings (SSSR count). The van der Waals surface area contributed by atoms with Crippen LogP contribution in [0.4, 0.5) is 27.4 Å². The van der Waals surface area contributed by atoms with Crippen molar-refractivity contribution in [2.24, 2.45) is 0 Å². The van der Waals surface area contributed by atoms with Gasteiger partial charge in [0.25, 0.3) is 0 Å². The second-order valence-electron chi connectivity index (χ2n) is 6.06. The highest BCUT2D eigenvalue weighted by atomic mass is 19.1. The highest BCUT2D eigenvalue weighted by Crippen LogP contribution is 2.27. The summed E-state index contributed by atoms with van der Waals surface area (Å²) < 4.78 is 14.3. The molecule has 132 valence electrons. The Bertz CT molecular complexity index is 1050. The zero-order valence-corrected chi connectivity index (χ0v) is 14.8. The van der Waals surface area contributed by atoms with Crippen molar-refractivity contribution in [3.8, 4) is 12.1 Å². The van der Waals surface area contributed by atoms with Gasteiger partial charge in [0, 0.05) is 11.4 Å². The fraction of sp³-hybridized carbons (Fsp3) is 0.0952. The molecule has 27 heavy (non-hydrogen) atoms. The van der Waals surface area contributed by atoms with Crippen molar-refractivity contribution in [1.82, 2.24) is 4.98 Å². The van der Waals surface area contributed by atoms with Gasteiger partial charge in [-0.05, 0) is 73.5 Å². The van der Waals surface area contributed by atoms with Gasteiger partial charge in [-0.1, -0.05) is 0 Å². The monoisotopic (exact) mass is 357 g/mol. The predicted molar refractivity (Wildman–Crippen MR) is 103 cm³/mol. The van der Waals surface area contributed by atoms with E-state index >= 15 is 0 Å². The molecular formula is C21H16FN5. The van der Waals surface area contributed by atoms with E-state index in [0.717, 1.165) is 22.5 Å². The normalized spacial score (nSPS) is 9.96. The van der Waals surface area contributed by atoms with E-state index in [1.165, 1.54) is 12.1 Å². The second-order valence-corrected chi connectivity index (χ2v) is 6.06. The Morgan fingerprint density at radius 1 is 0.852 bits per heavy atom. The molecule has 2 N–H and O–H groups in total. The fourth-order valence-electron chi connectivity index (χ4n) is 2.72. The number of anilines is 4. The van der Waals surface area contributed by atoms with Crippen LogP contribution in [0.3, 0.4) is 0 Å². The summed E-state index contributed by atoms with van der Waals surface area (Å²) in [6, 6.07) is 17.4. The number of rotatable bonds is 4. The van der Waals surface area contributed by atoms with Crippen molar-refractivity contribution < 1.29 is 4.39 Å². The average molecular weight is 357 g/mol. The number of nitrogens with one attached hydrogen (secondary N) is 2. The zero-order chi connectivity index (χ0) is 19.4. The third kappa shape index (κ3) is 4.02. The number of aryl methyl sites for hydroxylation is 2. The Morgan fingerprint density at radius 3 is 2.07 bits per heavy atom. The van der Waals surface area contributed by atoms with E-state index in [4.69, 9.17) is 10.5 Å². The maximum Gasteiger partial charge on any atom is 0.168 e. The van der Waals surface area contributed by atoms with Gasteiger partial charge in [-0.25, -0.2) is 9.37 Å². The van der Waals surface area contributed by atoms with Crippen LogP contribution in [0.25, 0.3) is 0 Å². The molecule has 3 aromatic rings. The average Bonchev–Trinajstić information content (AvgIpc) is 2.67. The summed E-state index contributed by atoms with van der Waals surface area (Å²) in [5.41, 5.74) is 4.24. The summed E-state index contributed by atoms with van der Waals surface area (Å²) in [7, 11) is 0. The van der Waals surface area contributed by atoms with Crippen molar-refractivity contribution in [3.05, 3.63) is 76.6 Å². The number of nitrogens with zero attached hydrogens (tertiary/aromatic N) is 3. The van der Waals surface area contributed by atoms with Gasteiger partial charge >= 0.3 is 0 Å². The Morgan fingerprint density at radius 2 is 1.48 bits per heavy atom. The molecular weight excluding hydrogens is 341 g/mol. The summed E-state index contributed by atoms with van der Waals surface area (Å²) in [6.07, 6.45) is 0. The number of pyridine rings is 1. The van der Waals surface area contributed by atoms with Crippen LogP contribution in [0.5, 0.6) is 0 Å². The van der Waals surface area contributed by atoms with Gasteiger partial charge in [0.1, 0.15) is 5.82 Å². The van der Waals surface area contributed by atoms with Crippen molar-refractivity contribution in [3.63, 3.8) is 0 Å². The van der Waals surface area contributed by atoms with E-state index in [1.54, 1.807) is 36.4 Å². The Labute approximate surface area is 156 Å². The molecule has 1 aromatic heterocycles. The first-order valence-electron chi connectivity index (χ1n) is 8.22. The highest BCUT2D eigenvalue weighted by molar-refractivity contribution is 5.68. The van der Waals surface area contributed by atoms with Crippen LogP contribution < -0.4 is 10.6 Å². The second kappa shape index (κ2) is 7.55. The molecule has 0 aliphatic carbocycles. The van der Waals surface area contributed by atoms with E-state index in [0.29, 0.717) is 16.9 Å². The van der Waals surface area contributed by atoms with E-state index in [1.807, 2.05) is 13.8 Å². The standard InChI is InChI=1S/C21H16FN5/c1-13-9-16(12-24)10-14(2)20(13)27-21-18(22)7-8-19(26-21)25-17-5-3-15(11-23)4-6-17/h3-10H,1-2H3,(H2,25,26,27). The van der Waals surface area contributed by atoms with E-state index < -0.39 is 5.82 Å². The number of hydrogen-bond donors (Lipinski definition) is 2. The van der Waals surface area contributed by atoms with Gasteiger partial charge in [-0.15, -0.1) is 0 Å². The van der Waals surface area contributed by atoms with Crippen molar-refractivity contribution in [1.29, 1.82) is 10.5 Å². The van der Waals surface area contributed by atoms with Crippen LogP contribution in [-0.2, 0) is 0 Å². The number of hydrogen-bond acceptors (Lipinski definition) is 5. The van der Waals surface area contributed by atoms with Crippen molar-refractivity contribution >= 4 is 23.0 Å². The van der Waals surface area contributed by atoms with Gasteiger partial charge in [0.2, 0.25) is 0 Å². The Balaban J connectivity index is 1.88. The minimum Gasteiger partial charge on any atom is -0.340 e. The van der Waals surface area contributed by atoms with Gasteiger partial charge < -0.3 is 10.6 Å². The van der Waals surface area contributed by atoms with Crippen molar-refractivity contribution in [2.75, 3.05) is 10.6 Å². The predicted octanol–water partition coefficient (Wildman–Crippen LogP) is 5.07. The molecule has 0 saturated carbocycles. The molecule has 2 aromatic carbocycles. The first-order valence-corrected chi connectivity index (χ1v) is 8.22. The summed E-state index contributed by atoms with van der Waals surface area (Å²) in [5, 5.41) is 24.0. The lowest BCUT2D eigenvalue weighted by Crippen LogP contribution is -2.03. The van der Waals surface area contributed by atoms with Gasteiger partial charge in [0.15, 0.2) is 11.6 Å². The van der Waals surface area contributed by atoms with Gasteiger partial charge in [-0.2, -0.15) is 10.5 Å². The largest absolute Gasteiger partial charge is 0.340 e. The van der Waals surface area contributed by atoms with E-state index in [9.17, 15) is 4.39 Å². The van der Waals surface area contributed by atoms with Crippen LogP contribution in [-0.4, -0.2) is 4.98 Å². The number of benzene rings is 2. The molecule has 0 aliphatic heterocycles. The maximum atomic E-state index is 14.3. The highest BCUT2D eigenvalue weighted by Gasteiger charge is 2.11. The lowest BCUT2D eigenvalue weighted by molar-refractivity contribution is 0.627. The molecule has 0 unspecified atom stereocenters. The minimum absolute atomic E-state index is 0.0875. The van der Waals surface area contributed by atoms with Crippen LogP contribution in [0.2, 0.25) is 0 Å². The Hall–Kier alpha value is -3.90. The fourth-order valence-corrected chi connectivity index (χ4v) is 2.72. The Kier molecular flexibility index (Phi) is 5.01. The SMILES string of the molecule is Cc1cc(C#N)cc(C)c1Nc1nc(Nc2ccc(C#N)cc2)ccc1F. The molecule has 0 saturated heterocycles. The third-order valence-corrected chi connectivity index (χ3v) is 4.04. The van der Waals surface area contributed by atoms with E-state index in [-0.39, 0.29) is 5.82 Å². The molecule has 0 atom stereocenters. The number of aromatic nitrogens is 1. The molecule has 1 heterocycles. The summed E-state index contributed by atoms with van der Waals surface area (Å²) in [4.78, 5) is 4.30. The maximum absolute atomic E-state index is 14.3. The molecule has 0 fully saturated rings. The molecule has 6 heteroatoms. The van der Waals surface area contributed by atoms with Crippen molar-refractivity contribution in [2.45, 2.75) is 13.8 Å². The smallest absolute Gasteiger partial charge is 0.168 e. The van der Waals surface area contributed by atoms with Crippen LogP contribution in [0.15, 0.2) is 48.5 Å². The topological polar surface area (TPSA) is 84.5 Å². The quantitative estimate of drug-likeness (QED) is 0.681. The molecule has 0 bridgehead atoms. The van der Waals surface area contributed by atoms with E-state index in [2.05, 4.69) is 27.8 Å². The lowest BCUT2D eigenvalue weighted by atomic mass is 10.0. The summed E-state index contributed by atoms with van der Waals surface area (Å²) in [6.45, 7) is 3.71. The molecule has 0 aliphatic rings. The zero-order valence-electron chi connectivity index (χ0n) is 14.8. The van der Waals surface area contributed by atoms with Crippen LogP contribution >= 0.6 is 0 Å². The molecule has 0 radical (unpaired) electrons. The summed E-state index contributed by atoms with van der Waals surface area (Å²) in [5.74, 6) is 0.0700. The first-order chi connectivity index (χ1) is 13.0. The first kappa shape index (κ1) is 17.9. The molecule has 0 amide bonds. The number of nitriles is 2. The molecule has 5 nitrogen and oxygen atoms in total. The van der Waals surface area contributed by atoms with Crippen LogP contribution in [0.1, 0.15) is 22.3 Å².